The Kier molecular flexibility index (Phi) is 5.47. The largest absolute Gasteiger partial charge is 0.382 e. The Balaban J connectivity index is 1.59. The number of rotatable bonds is 4. The molecule has 6 heteroatoms. The summed E-state index contributed by atoms with van der Waals surface area (Å²) in [6.07, 6.45) is 4.81. The first-order valence-corrected chi connectivity index (χ1v) is 10.5. The summed E-state index contributed by atoms with van der Waals surface area (Å²) in [5, 5.41) is 3.57. The molecule has 1 aromatic rings. The molecule has 2 heterocycles. The van der Waals surface area contributed by atoms with Crippen molar-refractivity contribution in [3.8, 4) is 0 Å². The molecule has 2 saturated heterocycles. The molecule has 0 aromatic heterocycles. The third-order valence-electron chi connectivity index (χ3n) is 5.32. The van der Waals surface area contributed by atoms with Gasteiger partial charge in [-0.3, -0.25) is 0 Å². The van der Waals surface area contributed by atoms with Crippen LogP contribution in [0.25, 0.3) is 0 Å². The molecule has 1 atom stereocenters. The van der Waals surface area contributed by atoms with Crippen LogP contribution >= 0.6 is 0 Å². The minimum atomic E-state index is -3.30. The lowest BCUT2D eigenvalue weighted by Crippen LogP contribution is -2.52. The third-order valence-corrected chi connectivity index (χ3v) is 7.48. The van der Waals surface area contributed by atoms with Crippen LogP contribution in [0.1, 0.15) is 44.6 Å². The van der Waals surface area contributed by atoms with Crippen LogP contribution in [0.4, 0.5) is 5.69 Å². The molecule has 0 saturated carbocycles. The first kappa shape index (κ1) is 17.7. The van der Waals surface area contributed by atoms with Crippen molar-refractivity contribution in [3.05, 3.63) is 29.8 Å². The van der Waals surface area contributed by atoms with E-state index in [2.05, 4.69) is 24.4 Å². The maximum atomic E-state index is 12.9. The van der Waals surface area contributed by atoms with E-state index in [0.717, 1.165) is 37.8 Å². The number of hydrogen-bond donors (Lipinski definition) is 1. The number of nitrogens with zero attached hydrogens (tertiary/aromatic N) is 2. The molecule has 0 radical (unpaired) electrons. The minimum absolute atomic E-state index is 0.131. The number of benzene rings is 1. The van der Waals surface area contributed by atoms with E-state index in [1.165, 1.54) is 5.56 Å². The van der Waals surface area contributed by atoms with Gasteiger partial charge in [-0.05, 0) is 51.2 Å². The van der Waals surface area contributed by atoms with Crippen LogP contribution in [-0.4, -0.2) is 48.7 Å². The van der Waals surface area contributed by atoms with Gasteiger partial charge in [0.15, 0.2) is 0 Å². The number of nitrogens with one attached hydrogen (secondary N) is 1. The summed E-state index contributed by atoms with van der Waals surface area (Å²) in [4.78, 5) is 0. The van der Waals surface area contributed by atoms with Gasteiger partial charge in [0, 0.05) is 37.4 Å². The fourth-order valence-corrected chi connectivity index (χ4v) is 5.64. The maximum absolute atomic E-state index is 12.9. The fraction of sp³-hybridized carbons (Fsp3) is 0.667. The van der Waals surface area contributed by atoms with Gasteiger partial charge >= 0.3 is 0 Å². The Morgan fingerprint density at radius 2 is 1.75 bits per heavy atom. The molecule has 2 fully saturated rings. The molecule has 1 N–H and O–H groups in total. The molecule has 5 nitrogen and oxygen atoms in total. The SMILES string of the molecule is Cc1ccccc1NC1CCN(S(=O)(=O)N2CCCC[C@H]2C)CC1. The van der Waals surface area contributed by atoms with Crippen molar-refractivity contribution in [3.63, 3.8) is 0 Å². The zero-order valence-corrected chi connectivity index (χ0v) is 15.6. The molecule has 0 unspecified atom stereocenters. The smallest absolute Gasteiger partial charge is 0.282 e. The summed E-state index contributed by atoms with van der Waals surface area (Å²) in [7, 11) is -3.30. The van der Waals surface area contributed by atoms with Gasteiger partial charge in [0.1, 0.15) is 0 Å². The Morgan fingerprint density at radius 1 is 1.04 bits per heavy atom. The van der Waals surface area contributed by atoms with Gasteiger partial charge in [-0.2, -0.15) is 17.0 Å². The van der Waals surface area contributed by atoms with Crippen LogP contribution in [0.15, 0.2) is 24.3 Å². The molecule has 2 aliphatic heterocycles. The van der Waals surface area contributed by atoms with E-state index in [0.29, 0.717) is 25.7 Å². The van der Waals surface area contributed by atoms with E-state index in [9.17, 15) is 8.42 Å². The molecule has 2 aliphatic rings. The second-order valence-corrected chi connectivity index (χ2v) is 8.98. The normalized spacial score (nSPS) is 24.8. The lowest BCUT2D eigenvalue weighted by atomic mass is 10.1. The Morgan fingerprint density at radius 3 is 2.42 bits per heavy atom. The second kappa shape index (κ2) is 7.42. The van der Waals surface area contributed by atoms with Gasteiger partial charge in [-0.25, -0.2) is 0 Å². The lowest BCUT2D eigenvalue weighted by Gasteiger charge is -2.39. The third kappa shape index (κ3) is 3.76. The van der Waals surface area contributed by atoms with Crippen LogP contribution in [0.2, 0.25) is 0 Å². The van der Waals surface area contributed by atoms with Crippen molar-refractivity contribution >= 4 is 15.9 Å². The van der Waals surface area contributed by atoms with Gasteiger partial charge in [-0.1, -0.05) is 24.6 Å². The van der Waals surface area contributed by atoms with Crippen molar-refractivity contribution in [2.45, 2.75) is 58.0 Å². The van der Waals surface area contributed by atoms with Gasteiger partial charge in [-0.15, -0.1) is 0 Å². The van der Waals surface area contributed by atoms with Crippen LogP contribution in [0.3, 0.4) is 0 Å². The number of piperidine rings is 2. The van der Waals surface area contributed by atoms with Crippen molar-refractivity contribution in [1.29, 1.82) is 0 Å². The average molecular weight is 352 g/mol. The van der Waals surface area contributed by atoms with Crippen LogP contribution in [0.5, 0.6) is 0 Å². The monoisotopic (exact) mass is 351 g/mol. The van der Waals surface area contributed by atoms with Crippen molar-refractivity contribution < 1.29 is 8.42 Å². The van der Waals surface area contributed by atoms with Gasteiger partial charge in [0.2, 0.25) is 0 Å². The lowest BCUT2D eigenvalue weighted by molar-refractivity contribution is 0.232. The predicted octanol–water partition coefficient (Wildman–Crippen LogP) is 2.99. The van der Waals surface area contributed by atoms with Crippen LogP contribution < -0.4 is 5.32 Å². The van der Waals surface area contributed by atoms with E-state index in [1.54, 1.807) is 8.61 Å². The molecule has 3 rings (SSSR count). The molecule has 24 heavy (non-hydrogen) atoms. The van der Waals surface area contributed by atoms with E-state index in [-0.39, 0.29) is 6.04 Å². The van der Waals surface area contributed by atoms with Crippen molar-refractivity contribution in [1.82, 2.24) is 8.61 Å². The molecule has 0 amide bonds. The zero-order valence-electron chi connectivity index (χ0n) is 14.7. The van der Waals surface area contributed by atoms with E-state index in [1.807, 2.05) is 19.1 Å². The van der Waals surface area contributed by atoms with E-state index < -0.39 is 10.2 Å². The highest BCUT2D eigenvalue weighted by atomic mass is 32.2. The number of hydrogen-bond acceptors (Lipinski definition) is 3. The summed E-state index contributed by atoms with van der Waals surface area (Å²) < 4.78 is 29.2. The minimum Gasteiger partial charge on any atom is -0.382 e. The molecular weight excluding hydrogens is 322 g/mol. The second-order valence-electron chi connectivity index (χ2n) is 7.10. The van der Waals surface area contributed by atoms with Crippen LogP contribution in [0, 0.1) is 6.92 Å². The molecule has 134 valence electrons. The first-order valence-electron chi connectivity index (χ1n) is 9.07. The molecular formula is C18H29N3O2S. The number of anilines is 1. The topological polar surface area (TPSA) is 52.7 Å². The Labute approximate surface area is 146 Å². The highest BCUT2D eigenvalue weighted by Gasteiger charge is 2.36. The fourth-order valence-electron chi connectivity index (χ4n) is 3.75. The average Bonchev–Trinajstić information content (AvgIpc) is 2.58. The highest BCUT2D eigenvalue weighted by Crippen LogP contribution is 2.26. The molecule has 1 aromatic carbocycles. The molecule has 0 bridgehead atoms. The summed E-state index contributed by atoms with van der Waals surface area (Å²) in [5.74, 6) is 0. The van der Waals surface area contributed by atoms with Gasteiger partial charge in [0.05, 0.1) is 0 Å². The van der Waals surface area contributed by atoms with Gasteiger partial charge in [0.25, 0.3) is 10.2 Å². The van der Waals surface area contributed by atoms with Gasteiger partial charge < -0.3 is 5.32 Å². The summed E-state index contributed by atoms with van der Waals surface area (Å²) in [6, 6.07) is 8.73. The number of aryl methyl sites for hydroxylation is 1. The van der Waals surface area contributed by atoms with Crippen molar-refractivity contribution in [2.24, 2.45) is 0 Å². The summed E-state index contributed by atoms with van der Waals surface area (Å²) >= 11 is 0. The predicted molar refractivity (Wildman–Crippen MR) is 98.3 cm³/mol. The zero-order chi connectivity index (χ0) is 17.2. The highest BCUT2D eigenvalue weighted by molar-refractivity contribution is 7.86. The molecule has 0 aliphatic carbocycles. The number of para-hydroxylation sites is 1. The quantitative estimate of drug-likeness (QED) is 0.907. The Hall–Kier alpha value is -1.11. The van der Waals surface area contributed by atoms with Crippen molar-refractivity contribution in [2.75, 3.05) is 25.0 Å². The first-order chi connectivity index (χ1) is 11.5. The summed E-state index contributed by atoms with van der Waals surface area (Å²) in [5.41, 5.74) is 2.39. The van der Waals surface area contributed by atoms with E-state index >= 15 is 0 Å². The van der Waals surface area contributed by atoms with E-state index in [4.69, 9.17) is 0 Å². The summed E-state index contributed by atoms with van der Waals surface area (Å²) in [6.45, 7) is 6.01. The standard InChI is InChI=1S/C18H29N3O2S/c1-15-7-3-4-9-18(15)19-17-10-13-20(14-11-17)24(22,23)21-12-6-5-8-16(21)2/h3-4,7,9,16-17,19H,5-6,8,10-14H2,1-2H3/t16-/m1/s1. The Bertz CT molecular complexity index is 654. The van der Waals surface area contributed by atoms with Crippen LogP contribution in [-0.2, 0) is 10.2 Å². The maximum Gasteiger partial charge on any atom is 0.282 e. The molecule has 0 spiro atoms.